The molecule has 1 aliphatic heterocycles. The van der Waals surface area contributed by atoms with E-state index in [4.69, 9.17) is 26.8 Å². The van der Waals surface area contributed by atoms with Gasteiger partial charge in [0.15, 0.2) is 0 Å². The molecule has 3 aromatic heterocycles. The average Bonchev–Trinajstić information content (AvgIpc) is 3.75. The Bertz CT molecular complexity index is 2170. The monoisotopic (exact) mass is 691 g/mol. The van der Waals surface area contributed by atoms with E-state index in [0.717, 1.165) is 36.7 Å². The summed E-state index contributed by atoms with van der Waals surface area (Å²) in [6, 6.07) is 12.8. The number of aromatic nitrogens is 3. The number of nitrogens with two attached hydrogens (primary N) is 1. The Kier molecular flexibility index (Phi) is 7.79. The SMILES string of the molecule is COc1cc(C(=O)NC[C@@](O)(c2ccc(F)cc2)c2cc3c(c(-c4cc(Cl)c(F)cc4F)n2)OC[C@]3(C)C(N)=O)cc2cc(C3CC3)nn12. The quantitative estimate of drug-likeness (QED) is 0.182. The summed E-state index contributed by atoms with van der Waals surface area (Å²) >= 11 is 6.02. The average molecular weight is 692 g/mol. The lowest BCUT2D eigenvalue weighted by Gasteiger charge is -2.30. The largest absolute Gasteiger partial charge is 0.489 e. The van der Waals surface area contributed by atoms with Crippen LogP contribution in [0.1, 0.15) is 58.6 Å². The summed E-state index contributed by atoms with van der Waals surface area (Å²) in [5, 5.41) is 19.4. The highest BCUT2D eigenvalue weighted by Crippen LogP contribution is 2.47. The number of nitrogens with one attached hydrogen (secondary N) is 1. The number of aliphatic hydroxyl groups is 1. The van der Waals surface area contributed by atoms with Gasteiger partial charge in [0, 0.05) is 34.7 Å². The first kappa shape index (κ1) is 32.4. The molecule has 4 heterocycles. The predicted molar refractivity (Wildman–Crippen MR) is 172 cm³/mol. The van der Waals surface area contributed by atoms with Crippen molar-refractivity contribution in [1.82, 2.24) is 19.9 Å². The van der Waals surface area contributed by atoms with Crippen LogP contribution in [0.5, 0.6) is 11.6 Å². The first-order chi connectivity index (χ1) is 23.3. The molecule has 0 spiro atoms. The molecule has 10 nitrogen and oxygen atoms in total. The Morgan fingerprint density at radius 1 is 1.12 bits per heavy atom. The lowest BCUT2D eigenvalue weighted by Crippen LogP contribution is -2.43. The Labute approximate surface area is 282 Å². The van der Waals surface area contributed by atoms with E-state index in [1.54, 1.807) is 10.6 Å². The minimum Gasteiger partial charge on any atom is -0.489 e. The Morgan fingerprint density at radius 3 is 2.53 bits per heavy atom. The fourth-order valence-electron chi connectivity index (χ4n) is 6.01. The predicted octanol–water partition coefficient (Wildman–Crippen LogP) is 5.15. The van der Waals surface area contributed by atoms with Crippen LogP contribution in [0.25, 0.3) is 16.8 Å². The zero-order valence-corrected chi connectivity index (χ0v) is 26.9. The molecule has 0 saturated heterocycles. The van der Waals surface area contributed by atoms with Gasteiger partial charge < -0.3 is 25.6 Å². The number of hydrogen-bond donors (Lipinski definition) is 3. The maximum atomic E-state index is 15.3. The maximum Gasteiger partial charge on any atom is 0.251 e. The molecule has 0 radical (unpaired) electrons. The van der Waals surface area contributed by atoms with Crippen LogP contribution in [0.2, 0.25) is 5.02 Å². The third-order valence-corrected chi connectivity index (χ3v) is 9.44. The molecule has 49 heavy (non-hydrogen) atoms. The van der Waals surface area contributed by atoms with Crippen molar-refractivity contribution in [3.63, 3.8) is 0 Å². The van der Waals surface area contributed by atoms with E-state index in [-0.39, 0.29) is 46.0 Å². The first-order valence-corrected chi connectivity index (χ1v) is 15.7. The fourth-order valence-corrected chi connectivity index (χ4v) is 6.17. The molecule has 7 rings (SSSR count). The number of benzene rings is 2. The first-order valence-electron chi connectivity index (χ1n) is 15.3. The molecule has 2 aromatic carbocycles. The van der Waals surface area contributed by atoms with Crippen LogP contribution in [0.15, 0.2) is 60.7 Å². The number of primary amides is 1. The molecule has 2 atom stereocenters. The molecule has 2 aliphatic rings. The van der Waals surface area contributed by atoms with Crippen molar-refractivity contribution in [2.24, 2.45) is 5.73 Å². The molecule has 4 N–H and O–H groups in total. The summed E-state index contributed by atoms with van der Waals surface area (Å²) in [7, 11) is 1.46. The van der Waals surface area contributed by atoms with Gasteiger partial charge in [-0.15, -0.1) is 0 Å². The zero-order valence-electron chi connectivity index (χ0n) is 26.2. The van der Waals surface area contributed by atoms with Crippen LogP contribution in [0.3, 0.4) is 0 Å². The molecule has 1 saturated carbocycles. The second kappa shape index (κ2) is 11.8. The molecule has 0 bridgehead atoms. The Morgan fingerprint density at radius 2 is 1.86 bits per heavy atom. The van der Waals surface area contributed by atoms with Crippen molar-refractivity contribution in [2.45, 2.75) is 36.7 Å². The van der Waals surface area contributed by atoms with E-state index >= 15 is 4.39 Å². The highest BCUT2D eigenvalue weighted by molar-refractivity contribution is 6.31. The lowest BCUT2D eigenvalue weighted by atomic mass is 9.80. The number of halogens is 4. The van der Waals surface area contributed by atoms with Gasteiger partial charge in [-0.1, -0.05) is 23.7 Å². The number of amides is 2. The van der Waals surface area contributed by atoms with Crippen LogP contribution >= 0.6 is 11.6 Å². The van der Waals surface area contributed by atoms with Crippen LogP contribution in [0.4, 0.5) is 13.2 Å². The van der Waals surface area contributed by atoms with Crippen molar-refractivity contribution < 1.29 is 37.3 Å². The van der Waals surface area contributed by atoms with E-state index in [0.29, 0.717) is 23.4 Å². The number of carbonyl (C=O) groups excluding carboxylic acids is 2. The summed E-state index contributed by atoms with van der Waals surface area (Å²) in [5.41, 5.74) is 3.45. The number of fused-ring (bicyclic) bond motifs is 2. The minimum absolute atomic E-state index is 0.0242. The van der Waals surface area contributed by atoms with Crippen molar-refractivity contribution in [1.29, 1.82) is 0 Å². The van der Waals surface area contributed by atoms with Crippen LogP contribution in [-0.2, 0) is 15.8 Å². The number of carbonyl (C=O) groups is 2. The topological polar surface area (TPSA) is 141 Å². The molecule has 252 valence electrons. The normalized spacial score (nSPS) is 18.1. The van der Waals surface area contributed by atoms with Gasteiger partial charge in [-0.2, -0.15) is 5.10 Å². The summed E-state index contributed by atoms with van der Waals surface area (Å²) in [6.45, 7) is 0.749. The molecule has 0 unspecified atom stereocenters. The fraction of sp³-hybridized carbons (Fsp3) is 0.257. The number of methoxy groups -OCH3 is 1. The molecular weight excluding hydrogens is 663 g/mol. The van der Waals surface area contributed by atoms with E-state index in [1.165, 1.54) is 38.3 Å². The van der Waals surface area contributed by atoms with Gasteiger partial charge in [-0.25, -0.2) is 22.7 Å². The molecule has 1 aliphatic carbocycles. The van der Waals surface area contributed by atoms with Crippen molar-refractivity contribution in [2.75, 3.05) is 20.3 Å². The molecular formula is C35H29ClF3N5O5. The van der Waals surface area contributed by atoms with E-state index in [1.807, 2.05) is 6.07 Å². The van der Waals surface area contributed by atoms with Crippen molar-refractivity contribution in [3.05, 3.63) is 111 Å². The summed E-state index contributed by atoms with van der Waals surface area (Å²) < 4.78 is 56.5. The van der Waals surface area contributed by atoms with Crippen molar-refractivity contribution >= 4 is 28.9 Å². The van der Waals surface area contributed by atoms with Gasteiger partial charge >= 0.3 is 0 Å². The highest BCUT2D eigenvalue weighted by Gasteiger charge is 2.46. The standard InChI is InChI=1S/C35H29ClF3N5O5/c1-34(33(40)46)16-49-31-23(34)13-28(42-30(31)22-12-24(36)26(39)14-25(22)38)35(47,19-5-7-20(37)8-6-19)15-41-32(45)18-9-21-11-27(17-3-4-17)43-44(21)29(10-18)48-2/h5-14,17,47H,3-4,15-16H2,1-2H3,(H2,40,46)(H,41,45)/t34-,35+/m0/s1. The van der Waals surface area contributed by atoms with Gasteiger partial charge in [0.2, 0.25) is 11.8 Å². The Balaban J connectivity index is 1.35. The number of ether oxygens (including phenoxy) is 2. The van der Waals surface area contributed by atoms with E-state index in [2.05, 4.69) is 15.4 Å². The van der Waals surface area contributed by atoms with E-state index in [9.17, 15) is 23.5 Å². The molecule has 1 fully saturated rings. The third kappa shape index (κ3) is 5.52. The minimum atomic E-state index is -2.21. The van der Waals surface area contributed by atoms with Gasteiger partial charge in [0.1, 0.15) is 46.5 Å². The van der Waals surface area contributed by atoms with Gasteiger partial charge in [-0.05, 0) is 61.7 Å². The molecule has 2 amide bonds. The lowest BCUT2D eigenvalue weighted by molar-refractivity contribution is -0.123. The van der Waals surface area contributed by atoms with Crippen LogP contribution in [-0.4, -0.2) is 51.8 Å². The number of pyridine rings is 2. The number of rotatable bonds is 9. The summed E-state index contributed by atoms with van der Waals surface area (Å²) in [6.07, 6.45) is 2.07. The third-order valence-electron chi connectivity index (χ3n) is 9.15. The van der Waals surface area contributed by atoms with Gasteiger partial charge in [-0.3, -0.25) is 9.59 Å². The van der Waals surface area contributed by atoms with Gasteiger partial charge in [0.25, 0.3) is 5.91 Å². The maximum absolute atomic E-state index is 15.3. The second-order valence-corrected chi connectivity index (χ2v) is 12.9. The van der Waals surface area contributed by atoms with Crippen molar-refractivity contribution in [3.8, 4) is 22.9 Å². The second-order valence-electron chi connectivity index (χ2n) is 12.5. The number of hydrogen-bond acceptors (Lipinski definition) is 7. The summed E-state index contributed by atoms with van der Waals surface area (Å²) in [5.74, 6) is -3.38. The van der Waals surface area contributed by atoms with Gasteiger partial charge in [0.05, 0.1) is 35.6 Å². The highest BCUT2D eigenvalue weighted by atomic mass is 35.5. The van der Waals surface area contributed by atoms with E-state index < -0.39 is 51.8 Å². The zero-order chi connectivity index (χ0) is 34.8. The molecule has 14 heteroatoms. The number of nitrogens with zero attached hydrogens (tertiary/aromatic N) is 3. The van der Waals surface area contributed by atoms with Crippen LogP contribution < -0.4 is 20.5 Å². The molecule has 5 aromatic rings. The summed E-state index contributed by atoms with van der Waals surface area (Å²) in [4.78, 5) is 31.0. The van der Waals surface area contributed by atoms with Crippen LogP contribution in [0, 0.1) is 17.5 Å². The Hall–Kier alpha value is -5.14. The smallest absolute Gasteiger partial charge is 0.251 e.